The highest BCUT2D eigenvalue weighted by molar-refractivity contribution is 5.85. The molecule has 1 heterocycles. The van der Waals surface area contributed by atoms with E-state index in [1.807, 2.05) is 12.1 Å². The minimum atomic E-state index is 0. The van der Waals surface area contributed by atoms with E-state index in [4.69, 9.17) is 0 Å². The van der Waals surface area contributed by atoms with Crippen LogP contribution in [0.2, 0.25) is 0 Å². The van der Waals surface area contributed by atoms with Crippen LogP contribution in [-0.4, -0.2) is 29.1 Å². The molecule has 1 atom stereocenters. The van der Waals surface area contributed by atoms with Gasteiger partial charge in [-0.15, -0.1) is 12.4 Å². The molecule has 3 heteroatoms. The van der Waals surface area contributed by atoms with Crippen LogP contribution in [0.25, 0.3) is 0 Å². The molecule has 0 spiro atoms. The van der Waals surface area contributed by atoms with Crippen molar-refractivity contribution in [2.45, 2.75) is 38.6 Å². The van der Waals surface area contributed by atoms with Crippen molar-refractivity contribution in [3.63, 3.8) is 0 Å². The first-order valence-electron chi connectivity index (χ1n) is 6.77. The van der Waals surface area contributed by atoms with Crippen LogP contribution in [0, 0.1) is 5.92 Å². The largest absolute Gasteiger partial charge is 0.508 e. The lowest BCUT2D eigenvalue weighted by molar-refractivity contribution is 0.207. The fourth-order valence-electron chi connectivity index (χ4n) is 2.88. The molecular weight excluding hydrogens is 246 g/mol. The Morgan fingerprint density at radius 3 is 2.78 bits per heavy atom. The fourth-order valence-corrected chi connectivity index (χ4v) is 2.88. The zero-order valence-corrected chi connectivity index (χ0v) is 11.7. The molecule has 2 nitrogen and oxygen atoms in total. The summed E-state index contributed by atoms with van der Waals surface area (Å²) in [5.41, 5.74) is 2.77. The summed E-state index contributed by atoms with van der Waals surface area (Å²) >= 11 is 0. The third kappa shape index (κ3) is 2.99. The minimum Gasteiger partial charge on any atom is -0.508 e. The molecule has 1 unspecified atom stereocenters. The van der Waals surface area contributed by atoms with Gasteiger partial charge in [-0.05, 0) is 61.8 Å². The number of fused-ring (bicyclic) bond motifs is 1. The predicted octanol–water partition coefficient (Wildman–Crippen LogP) is 3.01. The lowest BCUT2D eigenvalue weighted by Gasteiger charge is -2.26. The number of benzene rings is 1. The average Bonchev–Trinajstić information content (AvgIpc) is 3.09. The van der Waals surface area contributed by atoms with Crippen LogP contribution in [0.1, 0.15) is 30.9 Å². The number of aromatic hydroxyl groups is 1. The molecule has 1 saturated carbocycles. The highest BCUT2D eigenvalue weighted by Gasteiger charge is 2.28. The number of phenols is 1. The van der Waals surface area contributed by atoms with E-state index in [1.54, 1.807) is 0 Å². The van der Waals surface area contributed by atoms with Crippen molar-refractivity contribution in [3.05, 3.63) is 29.3 Å². The molecular formula is C15H22ClNO. The monoisotopic (exact) mass is 267 g/mol. The summed E-state index contributed by atoms with van der Waals surface area (Å²) < 4.78 is 0. The van der Waals surface area contributed by atoms with E-state index in [0.29, 0.717) is 11.8 Å². The first-order valence-corrected chi connectivity index (χ1v) is 6.77. The van der Waals surface area contributed by atoms with Crippen molar-refractivity contribution in [1.29, 1.82) is 0 Å². The molecule has 1 aromatic rings. The van der Waals surface area contributed by atoms with Gasteiger partial charge < -0.3 is 5.11 Å². The van der Waals surface area contributed by atoms with Crippen LogP contribution in [0.4, 0.5) is 0 Å². The van der Waals surface area contributed by atoms with Gasteiger partial charge in [0.1, 0.15) is 5.75 Å². The van der Waals surface area contributed by atoms with E-state index in [9.17, 15) is 5.11 Å². The van der Waals surface area contributed by atoms with Gasteiger partial charge in [-0.2, -0.15) is 0 Å². The quantitative estimate of drug-likeness (QED) is 0.890. The molecule has 0 saturated heterocycles. The normalized spacial score (nSPS) is 23.9. The molecule has 0 bridgehead atoms. The molecule has 100 valence electrons. The van der Waals surface area contributed by atoms with Crippen molar-refractivity contribution >= 4 is 12.4 Å². The van der Waals surface area contributed by atoms with Crippen molar-refractivity contribution in [2.24, 2.45) is 5.92 Å². The number of rotatable bonds is 2. The van der Waals surface area contributed by atoms with Gasteiger partial charge in [0.25, 0.3) is 0 Å². The maximum Gasteiger partial charge on any atom is 0.115 e. The Labute approximate surface area is 115 Å². The smallest absolute Gasteiger partial charge is 0.115 e. The lowest BCUT2D eigenvalue weighted by atomic mass is 10.0. The van der Waals surface area contributed by atoms with E-state index >= 15 is 0 Å². The number of phenolic OH excluding ortho intramolecular Hbond substituents is 1. The van der Waals surface area contributed by atoms with E-state index in [2.05, 4.69) is 17.9 Å². The second-order valence-electron chi connectivity index (χ2n) is 5.69. The molecule has 1 aliphatic carbocycles. The maximum absolute atomic E-state index is 9.57. The molecule has 3 rings (SSSR count). The van der Waals surface area contributed by atoms with Crippen molar-refractivity contribution < 1.29 is 5.11 Å². The van der Waals surface area contributed by atoms with Crippen LogP contribution < -0.4 is 0 Å². The number of hydrogen-bond acceptors (Lipinski definition) is 2. The van der Waals surface area contributed by atoms with Crippen LogP contribution in [0.3, 0.4) is 0 Å². The summed E-state index contributed by atoms with van der Waals surface area (Å²) in [5.74, 6) is 1.37. The summed E-state index contributed by atoms with van der Waals surface area (Å²) in [6.07, 6.45) is 5.07. The summed E-state index contributed by atoms with van der Waals surface area (Å²) in [6, 6.07) is 6.48. The summed E-state index contributed by atoms with van der Waals surface area (Å²) in [4.78, 5) is 2.63. The lowest BCUT2D eigenvalue weighted by Crippen LogP contribution is -2.36. The van der Waals surface area contributed by atoms with Crippen molar-refractivity contribution in [2.75, 3.05) is 13.1 Å². The Balaban J connectivity index is 0.00000120. The minimum absolute atomic E-state index is 0. The van der Waals surface area contributed by atoms with E-state index in [0.717, 1.165) is 18.8 Å². The van der Waals surface area contributed by atoms with Gasteiger partial charge in [0.2, 0.25) is 0 Å². The van der Waals surface area contributed by atoms with Gasteiger partial charge >= 0.3 is 0 Å². The van der Waals surface area contributed by atoms with Crippen molar-refractivity contribution in [1.82, 2.24) is 4.90 Å². The molecule has 1 aliphatic heterocycles. The molecule has 18 heavy (non-hydrogen) atoms. The van der Waals surface area contributed by atoms with Crippen LogP contribution >= 0.6 is 12.4 Å². The molecule has 1 aromatic carbocycles. The standard InChI is InChI=1S/C15H21NO.ClH/c1-11-8-14-9-15(17)5-4-13(14)6-7-16(11)10-12-2-3-12;/h4-5,9,11-12,17H,2-3,6-8,10H2,1H3;1H. The zero-order valence-electron chi connectivity index (χ0n) is 10.9. The topological polar surface area (TPSA) is 23.5 Å². The van der Waals surface area contributed by atoms with E-state index in [-0.39, 0.29) is 12.4 Å². The first-order chi connectivity index (χ1) is 8.22. The third-order valence-corrected chi connectivity index (χ3v) is 4.19. The molecule has 0 aromatic heterocycles. The van der Waals surface area contributed by atoms with E-state index < -0.39 is 0 Å². The highest BCUT2D eigenvalue weighted by atomic mass is 35.5. The van der Waals surface area contributed by atoms with Gasteiger partial charge in [0, 0.05) is 19.1 Å². The summed E-state index contributed by atoms with van der Waals surface area (Å²) in [7, 11) is 0. The van der Waals surface area contributed by atoms with Gasteiger partial charge in [0.15, 0.2) is 0 Å². The Morgan fingerprint density at radius 2 is 2.06 bits per heavy atom. The fraction of sp³-hybridized carbons (Fsp3) is 0.600. The second-order valence-corrected chi connectivity index (χ2v) is 5.69. The third-order valence-electron chi connectivity index (χ3n) is 4.19. The number of hydrogen-bond donors (Lipinski definition) is 1. The van der Waals surface area contributed by atoms with Gasteiger partial charge in [0.05, 0.1) is 0 Å². The molecule has 1 N–H and O–H groups in total. The van der Waals surface area contributed by atoms with Gasteiger partial charge in [-0.1, -0.05) is 6.07 Å². The molecule has 2 aliphatic rings. The Hall–Kier alpha value is -0.730. The van der Waals surface area contributed by atoms with E-state index in [1.165, 1.54) is 37.1 Å². The number of halogens is 1. The predicted molar refractivity (Wildman–Crippen MR) is 76.5 cm³/mol. The molecule has 0 radical (unpaired) electrons. The maximum atomic E-state index is 9.57. The van der Waals surface area contributed by atoms with Crippen molar-refractivity contribution in [3.8, 4) is 5.75 Å². The second kappa shape index (κ2) is 5.50. The molecule has 1 fully saturated rings. The number of nitrogens with zero attached hydrogens (tertiary/aromatic N) is 1. The Bertz CT molecular complexity index is 417. The summed E-state index contributed by atoms with van der Waals surface area (Å²) in [5, 5.41) is 9.57. The summed E-state index contributed by atoms with van der Waals surface area (Å²) in [6.45, 7) is 4.78. The zero-order chi connectivity index (χ0) is 11.8. The van der Waals surface area contributed by atoms with Gasteiger partial charge in [-0.3, -0.25) is 4.90 Å². The molecule has 0 amide bonds. The SMILES string of the molecule is CC1Cc2cc(O)ccc2CCN1CC1CC1.Cl. The Kier molecular flexibility index (Phi) is 4.18. The van der Waals surface area contributed by atoms with Crippen LogP contribution in [-0.2, 0) is 12.8 Å². The highest BCUT2D eigenvalue weighted by Crippen LogP contribution is 2.32. The van der Waals surface area contributed by atoms with Gasteiger partial charge in [-0.25, -0.2) is 0 Å². The average molecular weight is 268 g/mol. The first kappa shape index (κ1) is 13.7. The van der Waals surface area contributed by atoms with Crippen LogP contribution in [0.15, 0.2) is 18.2 Å². The van der Waals surface area contributed by atoms with Crippen LogP contribution in [0.5, 0.6) is 5.75 Å². The Morgan fingerprint density at radius 1 is 1.28 bits per heavy atom.